The molecule has 0 aromatic heterocycles. The molecule has 126 valence electrons. The number of ether oxygens (including phenoxy) is 1. The number of hydrogen-bond donors (Lipinski definition) is 0. The van der Waals surface area contributed by atoms with Crippen LogP contribution in [0.3, 0.4) is 0 Å². The summed E-state index contributed by atoms with van der Waals surface area (Å²) >= 11 is 5.90. The number of benzene rings is 1. The summed E-state index contributed by atoms with van der Waals surface area (Å²) in [5.41, 5.74) is 0.974. The first-order valence-electron chi connectivity index (χ1n) is 8.32. The average molecular weight is 337 g/mol. The number of rotatable bonds is 3. The molecule has 2 aliphatic rings. The maximum absolute atomic E-state index is 12.6. The van der Waals surface area contributed by atoms with Crippen LogP contribution in [0, 0.1) is 0 Å². The fourth-order valence-corrected chi connectivity index (χ4v) is 4.21. The third-order valence-electron chi connectivity index (χ3n) is 5.67. The van der Waals surface area contributed by atoms with Crippen LogP contribution in [0.5, 0.6) is 0 Å². The Morgan fingerprint density at radius 3 is 2.52 bits per heavy atom. The largest absolute Gasteiger partial charge is 0.383 e. The number of carbonyl (C=O) groups excluding carboxylic acids is 1. The van der Waals surface area contributed by atoms with Crippen LogP contribution in [0.15, 0.2) is 24.3 Å². The summed E-state index contributed by atoms with van der Waals surface area (Å²) in [4.78, 5) is 17.1. The van der Waals surface area contributed by atoms with Gasteiger partial charge in [0.2, 0.25) is 0 Å². The van der Waals surface area contributed by atoms with Crippen LogP contribution in [-0.2, 0) is 4.74 Å². The van der Waals surface area contributed by atoms with Crippen molar-refractivity contribution in [2.45, 2.75) is 37.3 Å². The summed E-state index contributed by atoms with van der Waals surface area (Å²) < 4.78 is 5.34. The minimum absolute atomic E-state index is 0.116. The minimum atomic E-state index is 0.116. The Morgan fingerprint density at radius 1 is 1.26 bits per heavy atom. The number of likely N-dealkylation sites (N-methyl/N-ethyl adjacent to an activating group) is 1. The molecule has 1 aromatic carbocycles. The monoisotopic (exact) mass is 336 g/mol. The Morgan fingerprint density at radius 2 is 1.91 bits per heavy atom. The van der Waals surface area contributed by atoms with Crippen molar-refractivity contribution in [2.75, 3.05) is 33.9 Å². The zero-order valence-corrected chi connectivity index (χ0v) is 14.7. The molecule has 2 fully saturated rings. The van der Waals surface area contributed by atoms with Gasteiger partial charge in [-0.25, -0.2) is 0 Å². The number of nitrogens with zero attached hydrogens (tertiary/aromatic N) is 2. The van der Waals surface area contributed by atoms with Gasteiger partial charge in [-0.15, -0.1) is 0 Å². The highest BCUT2D eigenvalue weighted by Crippen LogP contribution is 2.40. The van der Waals surface area contributed by atoms with E-state index in [0.717, 1.165) is 38.1 Å². The van der Waals surface area contributed by atoms with Crippen molar-refractivity contribution in [1.29, 1.82) is 0 Å². The molecule has 2 heterocycles. The number of amides is 1. The maximum Gasteiger partial charge on any atom is 0.253 e. The Labute approximate surface area is 143 Å². The second-order valence-corrected chi connectivity index (χ2v) is 7.22. The Hall–Kier alpha value is -1.10. The lowest BCUT2D eigenvalue weighted by Gasteiger charge is -2.45. The van der Waals surface area contributed by atoms with E-state index in [4.69, 9.17) is 16.3 Å². The molecule has 1 amide bonds. The number of methoxy groups -OCH3 is 1. The molecule has 4 nitrogen and oxygen atoms in total. The summed E-state index contributed by atoms with van der Waals surface area (Å²) in [6.45, 7) is 2.45. The molecule has 0 N–H and O–H groups in total. The molecular formula is C18H25ClN2O2. The quantitative estimate of drug-likeness (QED) is 0.850. The van der Waals surface area contributed by atoms with E-state index in [0.29, 0.717) is 11.1 Å². The molecule has 0 bridgehead atoms. The lowest BCUT2D eigenvalue weighted by Crippen LogP contribution is -2.54. The van der Waals surface area contributed by atoms with Crippen molar-refractivity contribution in [3.8, 4) is 0 Å². The molecule has 2 aliphatic heterocycles. The number of halogens is 1. The van der Waals surface area contributed by atoms with Crippen molar-refractivity contribution in [2.24, 2.45) is 0 Å². The number of carbonyl (C=O) groups is 1. The van der Waals surface area contributed by atoms with Crippen LogP contribution < -0.4 is 0 Å². The number of likely N-dealkylation sites (tertiary alicyclic amines) is 2. The molecule has 1 atom stereocenters. The normalized spacial score (nSPS) is 24.3. The highest BCUT2D eigenvalue weighted by Gasteiger charge is 2.46. The number of hydrogen-bond acceptors (Lipinski definition) is 3. The summed E-state index contributed by atoms with van der Waals surface area (Å²) in [6.07, 6.45) is 4.49. The van der Waals surface area contributed by atoms with Gasteiger partial charge in [-0.1, -0.05) is 11.6 Å². The van der Waals surface area contributed by atoms with Crippen LogP contribution in [0.25, 0.3) is 0 Å². The van der Waals surface area contributed by atoms with Crippen LogP contribution in [0.4, 0.5) is 0 Å². The molecule has 0 saturated carbocycles. The van der Waals surface area contributed by atoms with Gasteiger partial charge in [0.15, 0.2) is 0 Å². The molecular weight excluding hydrogens is 312 g/mol. The smallest absolute Gasteiger partial charge is 0.253 e. The second kappa shape index (κ2) is 6.80. The second-order valence-electron chi connectivity index (χ2n) is 6.78. The summed E-state index contributed by atoms with van der Waals surface area (Å²) in [5, 5.41) is 0.663. The van der Waals surface area contributed by atoms with Gasteiger partial charge in [0.1, 0.15) is 0 Å². The highest BCUT2D eigenvalue weighted by atomic mass is 35.5. The lowest BCUT2D eigenvalue weighted by molar-refractivity contribution is 0.0273. The van der Waals surface area contributed by atoms with Gasteiger partial charge in [-0.05, 0) is 57.0 Å². The van der Waals surface area contributed by atoms with Crippen LogP contribution in [0.2, 0.25) is 5.02 Å². The van der Waals surface area contributed by atoms with Crippen molar-refractivity contribution >= 4 is 17.5 Å². The Bertz CT molecular complexity index is 553. The van der Waals surface area contributed by atoms with E-state index in [-0.39, 0.29) is 11.4 Å². The molecule has 5 heteroatoms. The van der Waals surface area contributed by atoms with Crippen LogP contribution in [-0.4, -0.2) is 61.1 Å². The predicted molar refractivity (Wildman–Crippen MR) is 92.0 cm³/mol. The SMILES string of the molecule is COC[C@H]1CCC2(CCN(C(=O)c3ccc(Cl)cc3)CC2)N1C. The summed E-state index contributed by atoms with van der Waals surface area (Å²) in [7, 11) is 3.99. The topological polar surface area (TPSA) is 32.8 Å². The maximum atomic E-state index is 12.6. The zero-order valence-electron chi connectivity index (χ0n) is 13.9. The van der Waals surface area contributed by atoms with Crippen molar-refractivity contribution in [1.82, 2.24) is 9.80 Å². The van der Waals surface area contributed by atoms with Gasteiger partial charge in [0.25, 0.3) is 5.91 Å². The molecule has 1 aromatic rings. The molecule has 0 aliphatic carbocycles. The molecule has 0 radical (unpaired) electrons. The van der Waals surface area contributed by atoms with E-state index in [9.17, 15) is 4.79 Å². The van der Waals surface area contributed by atoms with E-state index in [1.807, 2.05) is 17.0 Å². The van der Waals surface area contributed by atoms with Gasteiger partial charge >= 0.3 is 0 Å². The van der Waals surface area contributed by atoms with Crippen molar-refractivity contribution in [3.05, 3.63) is 34.9 Å². The summed E-state index contributed by atoms with van der Waals surface area (Å²) in [5.74, 6) is 0.116. The number of piperidine rings is 1. The van der Waals surface area contributed by atoms with E-state index in [1.165, 1.54) is 12.8 Å². The van der Waals surface area contributed by atoms with Gasteiger partial charge in [0, 0.05) is 42.4 Å². The molecule has 0 unspecified atom stereocenters. The third kappa shape index (κ3) is 3.25. The van der Waals surface area contributed by atoms with Crippen LogP contribution >= 0.6 is 11.6 Å². The highest BCUT2D eigenvalue weighted by molar-refractivity contribution is 6.30. The van der Waals surface area contributed by atoms with E-state index < -0.39 is 0 Å². The molecule has 1 spiro atoms. The third-order valence-corrected chi connectivity index (χ3v) is 5.92. The molecule has 23 heavy (non-hydrogen) atoms. The first-order chi connectivity index (χ1) is 11.1. The van der Waals surface area contributed by atoms with E-state index in [1.54, 1.807) is 19.2 Å². The fraction of sp³-hybridized carbons (Fsp3) is 0.611. The van der Waals surface area contributed by atoms with Gasteiger partial charge in [-0.2, -0.15) is 0 Å². The minimum Gasteiger partial charge on any atom is -0.383 e. The van der Waals surface area contributed by atoms with Gasteiger partial charge in [0.05, 0.1) is 6.61 Å². The average Bonchev–Trinajstić information content (AvgIpc) is 2.86. The van der Waals surface area contributed by atoms with E-state index >= 15 is 0 Å². The van der Waals surface area contributed by atoms with E-state index in [2.05, 4.69) is 11.9 Å². The van der Waals surface area contributed by atoms with Crippen LogP contribution in [0.1, 0.15) is 36.0 Å². The standard InChI is InChI=1S/C18H25ClN2O2/c1-20-16(13-23-2)7-8-18(20)9-11-21(12-10-18)17(22)14-3-5-15(19)6-4-14/h3-6,16H,7-13H2,1-2H3/t16-/m1/s1. The Kier molecular flexibility index (Phi) is 4.95. The zero-order chi connectivity index (χ0) is 16.4. The fourth-order valence-electron chi connectivity index (χ4n) is 4.08. The first kappa shape index (κ1) is 16.7. The lowest BCUT2D eigenvalue weighted by atomic mass is 9.85. The summed E-state index contributed by atoms with van der Waals surface area (Å²) in [6, 6.07) is 7.69. The predicted octanol–water partition coefficient (Wildman–Crippen LogP) is 3.06. The van der Waals surface area contributed by atoms with Gasteiger partial charge < -0.3 is 9.64 Å². The Balaban J connectivity index is 1.62. The van der Waals surface area contributed by atoms with Crippen molar-refractivity contribution < 1.29 is 9.53 Å². The molecule has 2 saturated heterocycles. The molecule has 3 rings (SSSR count). The first-order valence-corrected chi connectivity index (χ1v) is 8.70. The van der Waals surface area contributed by atoms with Crippen molar-refractivity contribution in [3.63, 3.8) is 0 Å². The van der Waals surface area contributed by atoms with Gasteiger partial charge in [-0.3, -0.25) is 9.69 Å².